The molecule has 1 aromatic rings. The molecule has 2 aliphatic rings. The molecule has 96 valence electrons. The summed E-state index contributed by atoms with van der Waals surface area (Å²) in [6.45, 7) is 2.05. The number of nitrogens with zero attached hydrogens (tertiary/aromatic N) is 1. The van der Waals surface area contributed by atoms with Gasteiger partial charge >= 0.3 is 0 Å². The van der Waals surface area contributed by atoms with Crippen LogP contribution in [0.2, 0.25) is 0 Å². The number of allylic oxidation sites excluding steroid dienone is 4. The molecule has 1 aliphatic carbocycles. The molecule has 0 unspecified atom stereocenters. The van der Waals surface area contributed by atoms with Crippen LogP contribution in [0.15, 0.2) is 52.1 Å². The highest BCUT2D eigenvalue weighted by molar-refractivity contribution is 5.96. The van der Waals surface area contributed by atoms with E-state index in [9.17, 15) is 4.79 Å². The van der Waals surface area contributed by atoms with Crippen molar-refractivity contribution >= 4 is 17.7 Å². The standard InChI is InChI=1S/C17H17NO/c1-12-13(6-4-7-15(12)11-19)9-16-10-14-5-2-3-8-17(14)18-16/h2-3,5,7-8,11H,4,6,9-10H2,1H3. The quantitative estimate of drug-likeness (QED) is 0.748. The van der Waals surface area contributed by atoms with E-state index in [1.54, 1.807) is 0 Å². The summed E-state index contributed by atoms with van der Waals surface area (Å²) in [7, 11) is 0. The Hall–Kier alpha value is -1.96. The molecule has 3 rings (SSSR count). The number of carbonyl (C=O) groups excluding carboxylic acids is 1. The van der Waals surface area contributed by atoms with Crippen LogP contribution in [0.25, 0.3) is 0 Å². The van der Waals surface area contributed by atoms with Crippen molar-refractivity contribution in [2.45, 2.75) is 32.6 Å². The van der Waals surface area contributed by atoms with Crippen LogP contribution in [-0.2, 0) is 11.2 Å². The Kier molecular flexibility index (Phi) is 3.16. The van der Waals surface area contributed by atoms with Gasteiger partial charge in [-0.3, -0.25) is 9.79 Å². The van der Waals surface area contributed by atoms with E-state index in [1.807, 2.05) is 12.1 Å². The van der Waals surface area contributed by atoms with Crippen LogP contribution in [0, 0.1) is 0 Å². The molecule has 1 aromatic carbocycles. The first-order valence-electron chi connectivity index (χ1n) is 6.76. The first kappa shape index (κ1) is 12.1. The molecular formula is C17H17NO. The number of benzene rings is 1. The van der Waals surface area contributed by atoms with Crippen LogP contribution < -0.4 is 0 Å². The Morgan fingerprint density at radius 3 is 2.95 bits per heavy atom. The zero-order valence-corrected chi connectivity index (χ0v) is 11.1. The maximum atomic E-state index is 11.0. The molecular weight excluding hydrogens is 234 g/mol. The monoisotopic (exact) mass is 251 g/mol. The highest BCUT2D eigenvalue weighted by Crippen LogP contribution is 2.31. The summed E-state index contributed by atoms with van der Waals surface area (Å²) in [5, 5.41) is 0. The molecule has 1 heterocycles. The molecule has 0 bridgehead atoms. The third-order valence-corrected chi connectivity index (χ3v) is 3.98. The predicted molar refractivity (Wildman–Crippen MR) is 77.9 cm³/mol. The average molecular weight is 251 g/mol. The van der Waals surface area contributed by atoms with Gasteiger partial charge in [-0.15, -0.1) is 0 Å². The lowest BCUT2D eigenvalue weighted by Gasteiger charge is -2.16. The Morgan fingerprint density at radius 1 is 1.32 bits per heavy atom. The fourth-order valence-electron chi connectivity index (χ4n) is 2.85. The number of hydrogen-bond donors (Lipinski definition) is 0. The number of hydrogen-bond acceptors (Lipinski definition) is 2. The van der Waals surface area contributed by atoms with Crippen molar-refractivity contribution in [3.63, 3.8) is 0 Å². The van der Waals surface area contributed by atoms with Gasteiger partial charge in [0.25, 0.3) is 0 Å². The smallest absolute Gasteiger partial charge is 0.149 e. The normalized spacial score (nSPS) is 17.9. The zero-order chi connectivity index (χ0) is 13.2. The van der Waals surface area contributed by atoms with E-state index in [0.29, 0.717) is 0 Å². The molecule has 19 heavy (non-hydrogen) atoms. The third-order valence-electron chi connectivity index (χ3n) is 3.98. The van der Waals surface area contributed by atoms with E-state index in [2.05, 4.69) is 25.1 Å². The van der Waals surface area contributed by atoms with Gasteiger partial charge in [-0.1, -0.05) is 29.8 Å². The number of aliphatic imine (C=N–C) groups is 1. The molecule has 2 heteroatoms. The van der Waals surface area contributed by atoms with Gasteiger partial charge in [-0.2, -0.15) is 0 Å². The highest BCUT2D eigenvalue weighted by atomic mass is 16.1. The summed E-state index contributed by atoms with van der Waals surface area (Å²) >= 11 is 0. The molecule has 0 atom stereocenters. The van der Waals surface area contributed by atoms with Gasteiger partial charge in [-0.05, 0) is 37.0 Å². The first-order valence-corrected chi connectivity index (χ1v) is 6.76. The topological polar surface area (TPSA) is 29.4 Å². The highest BCUT2D eigenvalue weighted by Gasteiger charge is 2.18. The van der Waals surface area contributed by atoms with Crippen LogP contribution >= 0.6 is 0 Å². The Bertz CT molecular complexity index is 620. The lowest BCUT2D eigenvalue weighted by Crippen LogP contribution is -2.06. The van der Waals surface area contributed by atoms with Crippen molar-refractivity contribution in [1.29, 1.82) is 0 Å². The van der Waals surface area contributed by atoms with Gasteiger partial charge in [0.15, 0.2) is 0 Å². The Morgan fingerprint density at radius 2 is 2.16 bits per heavy atom. The maximum Gasteiger partial charge on any atom is 0.149 e. The summed E-state index contributed by atoms with van der Waals surface area (Å²) in [5.41, 5.74) is 7.03. The molecule has 1 aliphatic heterocycles. The van der Waals surface area contributed by atoms with Gasteiger partial charge in [-0.25, -0.2) is 0 Å². The van der Waals surface area contributed by atoms with Crippen molar-refractivity contribution in [3.05, 3.63) is 52.6 Å². The van der Waals surface area contributed by atoms with Crippen LogP contribution in [0.1, 0.15) is 31.7 Å². The van der Waals surface area contributed by atoms with Crippen LogP contribution in [0.3, 0.4) is 0 Å². The van der Waals surface area contributed by atoms with E-state index in [4.69, 9.17) is 4.99 Å². The van der Waals surface area contributed by atoms with Crippen molar-refractivity contribution in [1.82, 2.24) is 0 Å². The number of carbonyl (C=O) groups is 1. The SMILES string of the molecule is CC1=C(CC2=Nc3ccccc3C2)CCC=C1C=O. The van der Waals surface area contributed by atoms with E-state index < -0.39 is 0 Å². The van der Waals surface area contributed by atoms with E-state index in [0.717, 1.165) is 48.8 Å². The van der Waals surface area contributed by atoms with Crippen LogP contribution in [0.4, 0.5) is 5.69 Å². The van der Waals surface area contributed by atoms with Crippen LogP contribution in [-0.4, -0.2) is 12.0 Å². The van der Waals surface area contributed by atoms with Gasteiger partial charge < -0.3 is 0 Å². The largest absolute Gasteiger partial charge is 0.298 e. The summed E-state index contributed by atoms with van der Waals surface area (Å²) in [6, 6.07) is 8.31. The number of fused-ring (bicyclic) bond motifs is 1. The Labute approximate surface area is 113 Å². The second-order valence-electron chi connectivity index (χ2n) is 5.20. The molecule has 0 fully saturated rings. The number of para-hydroxylation sites is 1. The summed E-state index contributed by atoms with van der Waals surface area (Å²) in [6.07, 6.45) is 6.90. The van der Waals surface area contributed by atoms with Crippen molar-refractivity contribution in [2.24, 2.45) is 4.99 Å². The van der Waals surface area contributed by atoms with Gasteiger partial charge in [0.2, 0.25) is 0 Å². The molecule has 0 N–H and O–H groups in total. The Balaban J connectivity index is 1.81. The first-order chi connectivity index (χ1) is 9.28. The van der Waals surface area contributed by atoms with Gasteiger partial charge in [0, 0.05) is 24.1 Å². The molecule has 0 spiro atoms. The second kappa shape index (κ2) is 4.96. The summed E-state index contributed by atoms with van der Waals surface area (Å²) < 4.78 is 0. The minimum absolute atomic E-state index is 0.859. The fraction of sp³-hybridized carbons (Fsp3) is 0.294. The fourth-order valence-corrected chi connectivity index (χ4v) is 2.85. The van der Waals surface area contributed by atoms with Crippen molar-refractivity contribution in [3.8, 4) is 0 Å². The minimum atomic E-state index is 0.859. The minimum Gasteiger partial charge on any atom is -0.298 e. The molecule has 0 amide bonds. The molecule has 0 saturated carbocycles. The van der Waals surface area contributed by atoms with Crippen molar-refractivity contribution in [2.75, 3.05) is 0 Å². The number of aldehydes is 1. The van der Waals surface area contributed by atoms with Crippen molar-refractivity contribution < 1.29 is 4.79 Å². The molecule has 0 saturated heterocycles. The van der Waals surface area contributed by atoms with Gasteiger partial charge in [0.1, 0.15) is 6.29 Å². The zero-order valence-electron chi connectivity index (χ0n) is 11.1. The van der Waals surface area contributed by atoms with E-state index in [-0.39, 0.29) is 0 Å². The maximum absolute atomic E-state index is 11.0. The molecule has 0 radical (unpaired) electrons. The lowest BCUT2D eigenvalue weighted by molar-refractivity contribution is -0.104. The molecule has 0 aromatic heterocycles. The average Bonchev–Trinajstić information content (AvgIpc) is 2.83. The van der Waals surface area contributed by atoms with Crippen LogP contribution in [0.5, 0.6) is 0 Å². The van der Waals surface area contributed by atoms with Gasteiger partial charge in [0.05, 0.1) is 5.69 Å². The lowest BCUT2D eigenvalue weighted by atomic mass is 9.89. The summed E-state index contributed by atoms with van der Waals surface area (Å²) in [4.78, 5) is 15.7. The van der Waals surface area contributed by atoms with E-state index in [1.165, 1.54) is 16.8 Å². The van der Waals surface area contributed by atoms with E-state index >= 15 is 0 Å². The summed E-state index contributed by atoms with van der Waals surface area (Å²) in [5.74, 6) is 0. The second-order valence-corrected chi connectivity index (χ2v) is 5.20. The molecule has 2 nitrogen and oxygen atoms in total. The number of rotatable bonds is 3. The third kappa shape index (κ3) is 2.30. The predicted octanol–water partition coefficient (Wildman–Crippen LogP) is 3.94.